The van der Waals surface area contributed by atoms with Crippen molar-refractivity contribution in [1.29, 1.82) is 0 Å². The van der Waals surface area contributed by atoms with Crippen LogP contribution >= 0.6 is 0 Å². The summed E-state index contributed by atoms with van der Waals surface area (Å²) in [5.74, 6) is 1.82. The van der Waals surface area contributed by atoms with E-state index in [1.54, 1.807) is 0 Å². The standard InChI is InChI=1S/C20H30N6O2/c1-13(2)22-20(27)28-16-7-6-15(9-16)17-10-19(25-24-17)23-18-8-5-14(11-21-18)12-26(3)4/h5,8,10-11,13,15-16H,6-7,9,12H2,1-4H3,(H,22,27)(H2,21,23,24,25)/t15-,16+/m1/s1. The Balaban J connectivity index is 1.52. The van der Waals surface area contributed by atoms with Crippen molar-refractivity contribution < 1.29 is 9.53 Å². The maximum Gasteiger partial charge on any atom is 0.407 e. The SMILES string of the molecule is CC(C)NC(=O)O[C@H]1CC[C@@H](c2cc(Nc3ccc(CN(C)C)cn3)n[nH]2)C1. The molecule has 2 atom stereocenters. The Bertz CT molecular complexity index is 771. The lowest BCUT2D eigenvalue weighted by Crippen LogP contribution is -2.33. The molecule has 0 spiro atoms. The molecular weight excluding hydrogens is 356 g/mol. The monoisotopic (exact) mass is 386 g/mol. The van der Waals surface area contributed by atoms with Gasteiger partial charge in [0.25, 0.3) is 0 Å². The van der Waals surface area contributed by atoms with Gasteiger partial charge in [-0.15, -0.1) is 0 Å². The number of aromatic amines is 1. The highest BCUT2D eigenvalue weighted by molar-refractivity contribution is 5.67. The van der Waals surface area contributed by atoms with Gasteiger partial charge in [-0.3, -0.25) is 5.10 Å². The van der Waals surface area contributed by atoms with Crippen LogP contribution in [0.15, 0.2) is 24.4 Å². The van der Waals surface area contributed by atoms with Gasteiger partial charge in [-0.25, -0.2) is 9.78 Å². The number of rotatable bonds is 7. The summed E-state index contributed by atoms with van der Waals surface area (Å²) in [4.78, 5) is 18.3. The molecule has 0 saturated heterocycles. The first-order valence-electron chi connectivity index (χ1n) is 9.78. The van der Waals surface area contributed by atoms with E-state index in [1.165, 1.54) is 0 Å². The molecule has 8 nitrogen and oxygen atoms in total. The van der Waals surface area contributed by atoms with Gasteiger partial charge in [0, 0.05) is 36.5 Å². The number of nitrogens with zero attached hydrogens (tertiary/aromatic N) is 3. The number of H-pyrrole nitrogens is 1. The van der Waals surface area contributed by atoms with Gasteiger partial charge in [-0.05, 0) is 58.8 Å². The fraction of sp³-hybridized carbons (Fsp3) is 0.550. The van der Waals surface area contributed by atoms with Crippen LogP contribution in [0.2, 0.25) is 0 Å². The van der Waals surface area contributed by atoms with E-state index >= 15 is 0 Å². The topological polar surface area (TPSA) is 95.2 Å². The van der Waals surface area contributed by atoms with Crippen molar-refractivity contribution in [3.05, 3.63) is 35.7 Å². The molecule has 28 heavy (non-hydrogen) atoms. The zero-order chi connectivity index (χ0) is 20.1. The highest BCUT2D eigenvalue weighted by atomic mass is 16.6. The largest absolute Gasteiger partial charge is 0.446 e. The summed E-state index contributed by atoms with van der Waals surface area (Å²) in [5.41, 5.74) is 2.22. The van der Waals surface area contributed by atoms with Crippen LogP contribution in [-0.2, 0) is 11.3 Å². The van der Waals surface area contributed by atoms with Gasteiger partial charge < -0.3 is 20.3 Å². The highest BCUT2D eigenvalue weighted by Gasteiger charge is 2.30. The Hall–Kier alpha value is -2.61. The third kappa shape index (κ3) is 5.69. The lowest BCUT2D eigenvalue weighted by atomic mass is 10.0. The second-order valence-electron chi connectivity index (χ2n) is 7.96. The van der Waals surface area contributed by atoms with E-state index in [-0.39, 0.29) is 18.2 Å². The second kappa shape index (κ2) is 9.05. The number of aromatic nitrogens is 3. The first-order valence-corrected chi connectivity index (χ1v) is 9.78. The highest BCUT2D eigenvalue weighted by Crippen LogP contribution is 2.36. The fourth-order valence-corrected chi connectivity index (χ4v) is 3.45. The van der Waals surface area contributed by atoms with Crippen molar-refractivity contribution in [1.82, 2.24) is 25.4 Å². The molecule has 2 aromatic rings. The lowest BCUT2D eigenvalue weighted by Gasteiger charge is -2.14. The number of amides is 1. The summed E-state index contributed by atoms with van der Waals surface area (Å²) >= 11 is 0. The number of nitrogens with one attached hydrogen (secondary N) is 3. The predicted molar refractivity (Wildman–Crippen MR) is 109 cm³/mol. The Morgan fingerprint density at radius 2 is 2.14 bits per heavy atom. The summed E-state index contributed by atoms with van der Waals surface area (Å²) < 4.78 is 5.50. The fourth-order valence-electron chi connectivity index (χ4n) is 3.45. The molecule has 0 aliphatic heterocycles. The summed E-state index contributed by atoms with van der Waals surface area (Å²) in [5, 5.41) is 13.5. The van der Waals surface area contributed by atoms with Crippen molar-refractivity contribution in [2.75, 3.05) is 19.4 Å². The van der Waals surface area contributed by atoms with Crippen molar-refractivity contribution in [2.24, 2.45) is 0 Å². The minimum Gasteiger partial charge on any atom is -0.446 e. The molecule has 2 aromatic heterocycles. The van der Waals surface area contributed by atoms with Gasteiger partial charge in [-0.2, -0.15) is 5.10 Å². The van der Waals surface area contributed by atoms with Crippen LogP contribution in [0.3, 0.4) is 0 Å². The number of hydrogen-bond acceptors (Lipinski definition) is 6. The Kier molecular flexibility index (Phi) is 6.51. The van der Waals surface area contributed by atoms with E-state index in [2.05, 4.69) is 36.8 Å². The molecular formula is C20H30N6O2. The number of hydrogen-bond donors (Lipinski definition) is 3. The van der Waals surface area contributed by atoms with E-state index in [4.69, 9.17) is 4.74 Å². The number of anilines is 2. The van der Waals surface area contributed by atoms with Crippen LogP contribution in [0.5, 0.6) is 0 Å². The minimum absolute atomic E-state index is 0.0469. The van der Waals surface area contributed by atoms with E-state index < -0.39 is 0 Å². The van der Waals surface area contributed by atoms with E-state index in [0.717, 1.165) is 48.7 Å². The van der Waals surface area contributed by atoms with Crippen LogP contribution in [0.1, 0.15) is 50.3 Å². The third-order valence-electron chi connectivity index (χ3n) is 4.68. The average Bonchev–Trinajstić information content (AvgIpc) is 3.25. The van der Waals surface area contributed by atoms with Gasteiger partial charge >= 0.3 is 6.09 Å². The van der Waals surface area contributed by atoms with Gasteiger partial charge in [0.1, 0.15) is 11.9 Å². The Labute approximate surface area is 166 Å². The van der Waals surface area contributed by atoms with Crippen LogP contribution in [0.25, 0.3) is 0 Å². The third-order valence-corrected chi connectivity index (χ3v) is 4.68. The Morgan fingerprint density at radius 3 is 2.82 bits per heavy atom. The number of carbonyl (C=O) groups excluding carboxylic acids is 1. The first-order chi connectivity index (χ1) is 13.4. The molecule has 1 fully saturated rings. The van der Waals surface area contributed by atoms with Crippen LogP contribution in [0.4, 0.5) is 16.4 Å². The molecule has 1 amide bonds. The van der Waals surface area contributed by atoms with E-state index in [9.17, 15) is 4.79 Å². The van der Waals surface area contributed by atoms with Gasteiger partial charge in [0.05, 0.1) is 0 Å². The molecule has 1 aliphatic carbocycles. The number of ether oxygens (including phenoxy) is 1. The molecule has 3 rings (SSSR count). The zero-order valence-electron chi connectivity index (χ0n) is 17.0. The lowest BCUT2D eigenvalue weighted by molar-refractivity contribution is 0.0981. The maximum atomic E-state index is 11.8. The molecule has 3 N–H and O–H groups in total. The molecule has 0 radical (unpaired) electrons. The van der Waals surface area contributed by atoms with Crippen molar-refractivity contribution in [2.45, 2.75) is 57.7 Å². The summed E-state index contributed by atoms with van der Waals surface area (Å²) in [7, 11) is 4.07. The predicted octanol–water partition coefficient (Wildman–Crippen LogP) is 3.38. The normalized spacial score (nSPS) is 19.2. The van der Waals surface area contributed by atoms with Gasteiger partial charge in [0.15, 0.2) is 5.82 Å². The second-order valence-corrected chi connectivity index (χ2v) is 7.96. The number of alkyl carbamates (subject to hydrolysis) is 1. The molecule has 152 valence electrons. The zero-order valence-corrected chi connectivity index (χ0v) is 17.0. The molecule has 1 saturated carbocycles. The number of carbonyl (C=O) groups is 1. The average molecular weight is 387 g/mol. The molecule has 1 aliphatic rings. The van der Waals surface area contributed by atoms with Crippen molar-refractivity contribution in [3.63, 3.8) is 0 Å². The van der Waals surface area contributed by atoms with E-state index in [0.29, 0.717) is 5.92 Å². The molecule has 0 unspecified atom stereocenters. The molecule has 8 heteroatoms. The van der Waals surface area contributed by atoms with Crippen LogP contribution < -0.4 is 10.6 Å². The Morgan fingerprint density at radius 1 is 1.32 bits per heavy atom. The molecule has 2 heterocycles. The minimum atomic E-state index is -0.337. The van der Waals surface area contributed by atoms with Crippen LogP contribution in [0, 0.1) is 0 Å². The molecule has 0 aromatic carbocycles. The van der Waals surface area contributed by atoms with Crippen molar-refractivity contribution >= 4 is 17.7 Å². The summed E-state index contributed by atoms with van der Waals surface area (Å²) in [6.07, 6.45) is 4.14. The van der Waals surface area contributed by atoms with E-state index in [1.807, 2.05) is 46.3 Å². The number of pyridine rings is 1. The van der Waals surface area contributed by atoms with Gasteiger partial charge in [-0.1, -0.05) is 6.07 Å². The van der Waals surface area contributed by atoms with Crippen molar-refractivity contribution in [3.8, 4) is 0 Å². The first kappa shape index (κ1) is 20.1. The maximum absolute atomic E-state index is 11.8. The quantitative estimate of drug-likeness (QED) is 0.675. The summed E-state index contributed by atoms with van der Waals surface area (Å²) in [6, 6.07) is 6.11. The molecule has 0 bridgehead atoms. The summed E-state index contributed by atoms with van der Waals surface area (Å²) in [6.45, 7) is 4.70. The smallest absolute Gasteiger partial charge is 0.407 e. The van der Waals surface area contributed by atoms with Gasteiger partial charge in [0.2, 0.25) is 0 Å². The van der Waals surface area contributed by atoms with Crippen LogP contribution in [-0.4, -0.2) is 52.4 Å².